The molecule has 0 bridgehead atoms. The second kappa shape index (κ2) is 69.1. The van der Waals surface area contributed by atoms with Crippen LogP contribution >= 0.6 is 7.82 Å². The van der Waals surface area contributed by atoms with Crippen LogP contribution in [0.5, 0.6) is 0 Å². The summed E-state index contributed by atoms with van der Waals surface area (Å²) in [5.41, 5.74) is 0. The predicted molar refractivity (Wildman–Crippen MR) is 388 cm³/mol. The number of nitrogens with one attached hydrogen (secondary N) is 1. The van der Waals surface area contributed by atoms with Gasteiger partial charge in [-0.05, 0) is 63.9 Å². The Hall–Kier alpha value is -1.77. The van der Waals surface area contributed by atoms with Crippen LogP contribution in [-0.2, 0) is 27.9 Å². The van der Waals surface area contributed by atoms with E-state index in [1.807, 2.05) is 27.2 Å². The van der Waals surface area contributed by atoms with Crippen molar-refractivity contribution in [2.75, 3.05) is 40.9 Å². The number of likely N-dealkylation sites (N-methyl/N-ethyl adjacent to an activating group) is 1. The number of ether oxygens (including phenoxy) is 1. The highest BCUT2D eigenvalue weighted by atomic mass is 31.2. The molecule has 0 aliphatic carbocycles. The van der Waals surface area contributed by atoms with Crippen LogP contribution in [0.2, 0.25) is 0 Å². The van der Waals surface area contributed by atoms with Gasteiger partial charge in [0.2, 0.25) is 5.91 Å². The minimum atomic E-state index is -4.46. The molecule has 0 aromatic carbocycles. The van der Waals surface area contributed by atoms with Gasteiger partial charge in [-0.3, -0.25) is 18.6 Å². The van der Waals surface area contributed by atoms with Crippen LogP contribution in [0.25, 0.3) is 0 Å². The van der Waals surface area contributed by atoms with E-state index in [1.54, 1.807) is 0 Å². The largest absolute Gasteiger partial charge is 0.472 e. The number of allylic oxidation sites excluding steroid dienone is 5. The number of carbonyl (C=O) groups excluding carboxylic acids is 2. The number of nitrogens with zero attached hydrogens (tertiary/aromatic N) is 1. The molecular formula is C79H154N2O7P+. The highest BCUT2D eigenvalue weighted by molar-refractivity contribution is 7.47. The summed E-state index contributed by atoms with van der Waals surface area (Å²) in [6.45, 7) is 7.07. The number of unbranched alkanes of at least 4 members (excludes halogenated alkanes) is 53. The molecule has 0 saturated carbocycles. The lowest BCUT2D eigenvalue weighted by Gasteiger charge is -2.27. The fraction of sp³-hybridized carbons (Fsp3) is 0.899. The lowest BCUT2D eigenvalue weighted by Crippen LogP contribution is -2.47. The Bertz CT molecular complexity index is 1610. The second-order valence-corrected chi connectivity index (χ2v) is 29.7. The summed E-state index contributed by atoms with van der Waals surface area (Å²) in [7, 11) is 1.52. The number of esters is 1. The van der Waals surface area contributed by atoms with Gasteiger partial charge in [0.05, 0.1) is 33.8 Å². The van der Waals surface area contributed by atoms with E-state index >= 15 is 0 Å². The van der Waals surface area contributed by atoms with Crippen molar-refractivity contribution >= 4 is 19.7 Å². The molecule has 9 nitrogen and oxygen atoms in total. The highest BCUT2D eigenvalue weighted by Gasteiger charge is 2.30. The Morgan fingerprint density at radius 3 is 1.03 bits per heavy atom. The van der Waals surface area contributed by atoms with Gasteiger partial charge in [0.1, 0.15) is 19.3 Å². The van der Waals surface area contributed by atoms with Crippen molar-refractivity contribution in [3.63, 3.8) is 0 Å². The standard InChI is InChI=1S/C79H153N2O7P/c1-7-10-13-16-19-22-25-28-30-32-34-36-38-39-40-41-43-44-46-48-50-53-56-59-62-65-68-71-78(82)80-76(75-87-89(84,85)86-74-73-81(4,5)6)77(70-67-64-61-58-55-52-27-24-21-18-15-12-9-3)88-79(83)72-69-66-63-60-57-54-51-49-47-45-42-37-35-33-31-29-26-23-20-17-14-11-8-2/h20,23,29,31,67,70,76-77H,7-19,21-22,24-28,30,32-66,68-69,71-75H2,1-6H3,(H-,80,82,84,85)/p+1/b23-20-,31-29-,70-67+. The van der Waals surface area contributed by atoms with Gasteiger partial charge in [-0.15, -0.1) is 0 Å². The normalized spacial score (nSPS) is 13.6. The number of quaternary nitrogens is 1. The Balaban J connectivity index is 4.94. The molecular weight excluding hydrogens is 1120 g/mol. The molecule has 0 aliphatic heterocycles. The zero-order valence-electron chi connectivity index (χ0n) is 60.5. The number of hydrogen-bond acceptors (Lipinski definition) is 6. The molecule has 3 unspecified atom stereocenters. The summed E-state index contributed by atoms with van der Waals surface area (Å²) in [5.74, 6) is -0.481. The Labute approximate surface area is 555 Å². The number of phosphoric acid groups is 1. The first-order valence-corrected chi connectivity index (χ1v) is 40.8. The fourth-order valence-electron chi connectivity index (χ4n) is 12.0. The zero-order valence-corrected chi connectivity index (χ0v) is 61.4. The molecule has 10 heteroatoms. The van der Waals surface area contributed by atoms with E-state index in [-0.39, 0.29) is 25.1 Å². The number of carbonyl (C=O) groups is 2. The maximum Gasteiger partial charge on any atom is 0.472 e. The lowest BCUT2D eigenvalue weighted by atomic mass is 10.0. The summed E-state index contributed by atoms with van der Waals surface area (Å²) in [6.07, 6.45) is 87.5. The van der Waals surface area contributed by atoms with E-state index in [0.717, 1.165) is 64.2 Å². The van der Waals surface area contributed by atoms with E-state index in [0.29, 0.717) is 23.9 Å². The zero-order chi connectivity index (χ0) is 64.9. The lowest BCUT2D eigenvalue weighted by molar-refractivity contribution is -0.870. The van der Waals surface area contributed by atoms with E-state index in [2.05, 4.69) is 56.5 Å². The first kappa shape index (κ1) is 87.2. The third kappa shape index (κ3) is 70.4. The SMILES string of the molecule is CCCCC/C=C\C/C=C\CCCCCCCCCCCCCCCC(=O)OC(/C=C/CCCCCCCCCCCCC)C(COP(=O)(O)OCC[N+](C)(C)C)NC(=O)CCCCCCCCCCCCCCCCCCCCCCCCCCCCC. The van der Waals surface area contributed by atoms with Gasteiger partial charge in [0.15, 0.2) is 0 Å². The van der Waals surface area contributed by atoms with Crippen molar-refractivity contribution in [2.45, 2.75) is 418 Å². The molecule has 1 amide bonds. The van der Waals surface area contributed by atoms with Gasteiger partial charge in [-0.1, -0.05) is 366 Å². The van der Waals surface area contributed by atoms with Crippen LogP contribution < -0.4 is 5.32 Å². The topological polar surface area (TPSA) is 111 Å². The monoisotopic (exact) mass is 1270 g/mol. The number of rotatable bonds is 73. The van der Waals surface area contributed by atoms with Gasteiger partial charge >= 0.3 is 13.8 Å². The Morgan fingerprint density at radius 1 is 0.393 bits per heavy atom. The van der Waals surface area contributed by atoms with E-state index in [9.17, 15) is 19.0 Å². The molecule has 0 aliphatic rings. The van der Waals surface area contributed by atoms with Crippen LogP contribution in [-0.4, -0.2) is 74.3 Å². The second-order valence-electron chi connectivity index (χ2n) is 28.2. The molecule has 0 aromatic rings. The summed E-state index contributed by atoms with van der Waals surface area (Å²) in [4.78, 5) is 38.0. The molecule has 0 radical (unpaired) electrons. The third-order valence-corrected chi connectivity index (χ3v) is 19.1. The molecule has 0 fully saturated rings. The van der Waals surface area contributed by atoms with Gasteiger partial charge in [0, 0.05) is 12.8 Å². The molecule has 0 rings (SSSR count). The maximum atomic E-state index is 13.7. The third-order valence-electron chi connectivity index (χ3n) is 18.1. The molecule has 0 heterocycles. The molecule has 2 N–H and O–H groups in total. The van der Waals surface area contributed by atoms with Gasteiger partial charge in [-0.2, -0.15) is 0 Å². The average molecular weight is 1280 g/mol. The molecule has 0 saturated heterocycles. The smallest absolute Gasteiger partial charge is 0.456 e. The van der Waals surface area contributed by atoms with Crippen LogP contribution in [0.4, 0.5) is 0 Å². The van der Waals surface area contributed by atoms with Crippen molar-refractivity contribution < 1.29 is 37.3 Å². The maximum absolute atomic E-state index is 13.7. The van der Waals surface area contributed by atoms with Crippen molar-refractivity contribution in [3.8, 4) is 0 Å². The molecule has 0 spiro atoms. The summed E-state index contributed by atoms with van der Waals surface area (Å²) in [6, 6.07) is -0.846. The van der Waals surface area contributed by atoms with Crippen molar-refractivity contribution in [1.82, 2.24) is 5.32 Å². The van der Waals surface area contributed by atoms with Gasteiger partial charge in [-0.25, -0.2) is 4.57 Å². The van der Waals surface area contributed by atoms with Gasteiger partial charge in [0.25, 0.3) is 0 Å². The molecule has 0 aromatic heterocycles. The van der Waals surface area contributed by atoms with E-state index in [1.165, 1.54) is 308 Å². The van der Waals surface area contributed by atoms with Gasteiger partial charge < -0.3 is 19.4 Å². The first-order chi connectivity index (χ1) is 43.4. The Kier molecular flexibility index (Phi) is 67.7. The molecule has 526 valence electrons. The van der Waals surface area contributed by atoms with Crippen molar-refractivity contribution in [2.24, 2.45) is 0 Å². The number of hydrogen-bond donors (Lipinski definition) is 2. The van der Waals surface area contributed by atoms with E-state index < -0.39 is 20.0 Å². The predicted octanol–water partition coefficient (Wildman–Crippen LogP) is 25.4. The van der Waals surface area contributed by atoms with E-state index in [4.69, 9.17) is 13.8 Å². The van der Waals surface area contributed by atoms with Crippen LogP contribution in [0.15, 0.2) is 36.5 Å². The summed E-state index contributed by atoms with van der Waals surface area (Å²) in [5, 5.41) is 3.09. The summed E-state index contributed by atoms with van der Waals surface area (Å²) >= 11 is 0. The molecule has 3 atom stereocenters. The first-order valence-electron chi connectivity index (χ1n) is 39.3. The van der Waals surface area contributed by atoms with Crippen LogP contribution in [0.3, 0.4) is 0 Å². The van der Waals surface area contributed by atoms with Crippen LogP contribution in [0.1, 0.15) is 406 Å². The Morgan fingerprint density at radius 2 is 0.685 bits per heavy atom. The minimum Gasteiger partial charge on any atom is -0.456 e. The highest BCUT2D eigenvalue weighted by Crippen LogP contribution is 2.43. The van der Waals surface area contributed by atoms with Crippen molar-refractivity contribution in [3.05, 3.63) is 36.5 Å². The quantitative estimate of drug-likeness (QED) is 0.0205. The van der Waals surface area contributed by atoms with Crippen molar-refractivity contribution in [1.29, 1.82) is 0 Å². The average Bonchev–Trinajstić information content (AvgIpc) is 3.57. The fourth-order valence-corrected chi connectivity index (χ4v) is 12.8. The summed E-state index contributed by atoms with van der Waals surface area (Å²) < 4.78 is 30.9. The number of phosphoric ester groups is 1. The minimum absolute atomic E-state index is 0.0436. The molecule has 89 heavy (non-hydrogen) atoms. The number of amides is 1. The van der Waals surface area contributed by atoms with Crippen LogP contribution in [0, 0.1) is 0 Å².